The van der Waals surface area contributed by atoms with Gasteiger partial charge in [-0.3, -0.25) is 9.69 Å². The summed E-state index contributed by atoms with van der Waals surface area (Å²) in [6.07, 6.45) is 2.70. The summed E-state index contributed by atoms with van der Waals surface area (Å²) in [5.74, 6) is 0.513. The van der Waals surface area contributed by atoms with Gasteiger partial charge in [0.25, 0.3) is 0 Å². The Morgan fingerprint density at radius 1 is 1.11 bits per heavy atom. The van der Waals surface area contributed by atoms with E-state index in [9.17, 15) is 9.59 Å². The molecule has 1 aliphatic rings. The SMILES string of the molecule is CC(C)(C)OC(=O)N(c1ccc(OC(=O)C(C)(C)C)cn1)C1CCNCC1. The number of nitrogens with zero attached hydrogens (tertiary/aromatic N) is 2. The first-order valence-corrected chi connectivity index (χ1v) is 9.38. The molecule has 1 fully saturated rings. The molecule has 1 N–H and O–H groups in total. The Hall–Kier alpha value is -2.15. The first kappa shape index (κ1) is 21.2. The van der Waals surface area contributed by atoms with Crippen molar-refractivity contribution < 1.29 is 19.1 Å². The van der Waals surface area contributed by atoms with E-state index in [1.807, 2.05) is 20.8 Å². The van der Waals surface area contributed by atoms with Crippen LogP contribution in [-0.4, -0.2) is 41.8 Å². The standard InChI is InChI=1S/C20H31N3O4/c1-19(2,3)17(24)26-15-7-8-16(22-13-15)23(14-9-11-21-12-10-14)18(25)27-20(4,5)6/h7-8,13-14,21H,9-12H2,1-6H3. The molecule has 1 aliphatic heterocycles. The number of carbonyl (C=O) groups is 2. The van der Waals surface area contributed by atoms with Gasteiger partial charge < -0.3 is 14.8 Å². The molecule has 0 aliphatic carbocycles. The maximum absolute atomic E-state index is 12.8. The van der Waals surface area contributed by atoms with Crippen LogP contribution in [0.15, 0.2) is 18.3 Å². The first-order valence-electron chi connectivity index (χ1n) is 9.38. The summed E-state index contributed by atoms with van der Waals surface area (Å²) in [4.78, 5) is 30.8. The largest absolute Gasteiger partial charge is 0.443 e. The minimum atomic E-state index is -0.601. The number of anilines is 1. The van der Waals surface area contributed by atoms with Crippen molar-refractivity contribution in [1.82, 2.24) is 10.3 Å². The van der Waals surface area contributed by atoms with Gasteiger partial charge >= 0.3 is 12.1 Å². The van der Waals surface area contributed by atoms with Crippen molar-refractivity contribution in [2.75, 3.05) is 18.0 Å². The lowest BCUT2D eigenvalue weighted by atomic mass is 9.97. The monoisotopic (exact) mass is 377 g/mol. The molecule has 1 aromatic heterocycles. The van der Waals surface area contributed by atoms with Crippen molar-refractivity contribution in [3.63, 3.8) is 0 Å². The maximum atomic E-state index is 12.8. The van der Waals surface area contributed by atoms with Gasteiger partial charge in [0, 0.05) is 6.04 Å². The Labute approximate surface area is 161 Å². The van der Waals surface area contributed by atoms with Gasteiger partial charge in [0.15, 0.2) is 0 Å². The Balaban J connectivity index is 2.21. The smallest absolute Gasteiger partial charge is 0.416 e. The van der Waals surface area contributed by atoms with Crippen LogP contribution in [-0.2, 0) is 9.53 Å². The average Bonchev–Trinajstić information content (AvgIpc) is 2.55. The average molecular weight is 377 g/mol. The van der Waals surface area contributed by atoms with Gasteiger partial charge in [-0.25, -0.2) is 9.78 Å². The highest BCUT2D eigenvalue weighted by Gasteiger charge is 2.31. The topological polar surface area (TPSA) is 80.8 Å². The number of carbonyl (C=O) groups excluding carboxylic acids is 2. The number of nitrogens with one attached hydrogen (secondary N) is 1. The Morgan fingerprint density at radius 3 is 2.22 bits per heavy atom. The number of piperidine rings is 1. The van der Waals surface area contributed by atoms with Gasteiger partial charge in [0.05, 0.1) is 11.6 Å². The lowest BCUT2D eigenvalue weighted by Gasteiger charge is -2.35. The fourth-order valence-corrected chi connectivity index (χ4v) is 2.64. The van der Waals surface area contributed by atoms with Crippen LogP contribution in [0.5, 0.6) is 5.75 Å². The van der Waals surface area contributed by atoms with E-state index < -0.39 is 17.1 Å². The maximum Gasteiger partial charge on any atom is 0.416 e. The summed E-state index contributed by atoms with van der Waals surface area (Å²) in [5.41, 5.74) is -1.19. The van der Waals surface area contributed by atoms with Crippen LogP contribution in [0.3, 0.4) is 0 Å². The molecule has 0 bridgehead atoms. The quantitative estimate of drug-likeness (QED) is 0.812. The number of rotatable bonds is 3. The summed E-state index contributed by atoms with van der Waals surface area (Å²) in [5, 5.41) is 3.30. The van der Waals surface area contributed by atoms with Crippen LogP contribution < -0.4 is 15.0 Å². The van der Waals surface area contributed by atoms with Crippen molar-refractivity contribution in [2.45, 2.75) is 66.0 Å². The van der Waals surface area contributed by atoms with Crippen LogP contribution >= 0.6 is 0 Å². The second-order valence-electron chi connectivity index (χ2n) is 8.82. The lowest BCUT2D eigenvalue weighted by molar-refractivity contribution is -0.143. The van der Waals surface area contributed by atoms with Crippen molar-refractivity contribution >= 4 is 17.9 Å². The van der Waals surface area contributed by atoms with Gasteiger partial charge in [0.2, 0.25) is 0 Å². The Morgan fingerprint density at radius 2 is 1.74 bits per heavy atom. The zero-order valence-corrected chi connectivity index (χ0v) is 17.2. The molecule has 27 heavy (non-hydrogen) atoms. The van der Waals surface area contributed by atoms with Crippen LogP contribution in [0.25, 0.3) is 0 Å². The van der Waals surface area contributed by atoms with Gasteiger partial charge in [-0.1, -0.05) is 0 Å². The highest BCUT2D eigenvalue weighted by atomic mass is 16.6. The number of aromatic nitrogens is 1. The van der Waals surface area contributed by atoms with Crippen LogP contribution in [0.1, 0.15) is 54.4 Å². The Kier molecular flexibility index (Phi) is 6.46. The van der Waals surface area contributed by atoms with E-state index in [0.29, 0.717) is 11.6 Å². The number of hydrogen-bond acceptors (Lipinski definition) is 6. The summed E-state index contributed by atoms with van der Waals surface area (Å²) >= 11 is 0. The van der Waals surface area contributed by atoms with Crippen LogP contribution in [0.4, 0.5) is 10.6 Å². The van der Waals surface area contributed by atoms with Gasteiger partial charge in [-0.05, 0) is 79.6 Å². The zero-order valence-electron chi connectivity index (χ0n) is 17.2. The van der Waals surface area contributed by atoms with Crippen molar-refractivity contribution in [1.29, 1.82) is 0 Å². The van der Waals surface area contributed by atoms with Crippen LogP contribution in [0, 0.1) is 5.41 Å². The predicted octanol–water partition coefficient (Wildman–Crippen LogP) is 3.53. The number of esters is 1. The van der Waals surface area contributed by atoms with E-state index in [4.69, 9.17) is 9.47 Å². The second-order valence-corrected chi connectivity index (χ2v) is 8.82. The number of hydrogen-bond donors (Lipinski definition) is 1. The molecule has 0 radical (unpaired) electrons. The van der Waals surface area contributed by atoms with E-state index in [-0.39, 0.29) is 12.0 Å². The highest BCUT2D eigenvalue weighted by Crippen LogP contribution is 2.25. The third-order valence-corrected chi connectivity index (χ3v) is 4.05. The predicted molar refractivity (Wildman–Crippen MR) is 104 cm³/mol. The Bertz CT molecular complexity index is 653. The molecule has 150 valence electrons. The van der Waals surface area contributed by atoms with E-state index >= 15 is 0 Å². The molecular formula is C20H31N3O4. The molecule has 0 spiro atoms. The highest BCUT2D eigenvalue weighted by molar-refractivity contribution is 5.87. The summed E-state index contributed by atoms with van der Waals surface area (Å²) in [7, 11) is 0. The van der Waals surface area contributed by atoms with Crippen molar-refractivity contribution in [3.8, 4) is 5.75 Å². The summed E-state index contributed by atoms with van der Waals surface area (Å²) < 4.78 is 10.9. The van der Waals surface area contributed by atoms with Gasteiger partial charge in [-0.2, -0.15) is 0 Å². The van der Waals surface area contributed by atoms with E-state index in [1.165, 1.54) is 6.20 Å². The molecule has 0 unspecified atom stereocenters. The third kappa shape index (κ3) is 6.20. The molecule has 7 nitrogen and oxygen atoms in total. The minimum absolute atomic E-state index is 0.0107. The zero-order chi connectivity index (χ0) is 20.2. The normalized spacial score (nSPS) is 15.9. The number of ether oxygens (including phenoxy) is 2. The molecule has 0 aromatic carbocycles. The van der Waals surface area contributed by atoms with E-state index in [0.717, 1.165) is 25.9 Å². The molecular weight excluding hydrogens is 346 g/mol. The van der Waals surface area contributed by atoms with E-state index in [1.54, 1.807) is 37.8 Å². The fraction of sp³-hybridized carbons (Fsp3) is 0.650. The van der Waals surface area contributed by atoms with Crippen molar-refractivity contribution in [2.24, 2.45) is 5.41 Å². The molecule has 1 aromatic rings. The molecule has 2 rings (SSSR count). The van der Waals surface area contributed by atoms with Crippen LogP contribution in [0.2, 0.25) is 0 Å². The number of amides is 1. The van der Waals surface area contributed by atoms with Crippen molar-refractivity contribution in [3.05, 3.63) is 18.3 Å². The van der Waals surface area contributed by atoms with Gasteiger partial charge in [0.1, 0.15) is 17.2 Å². The third-order valence-electron chi connectivity index (χ3n) is 4.05. The minimum Gasteiger partial charge on any atom is -0.443 e. The molecule has 1 amide bonds. The lowest BCUT2D eigenvalue weighted by Crippen LogP contribution is -2.48. The number of pyridine rings is 1. The van der Waals surface area contributed by atoms with E-state index in [2.05, 4.69) is 10.3 Å². The fourth-order valence-electron chi connectivity index (χ4n) is 2.64. The molecule has 2 heterocycles. The van der Waals surface area contributed by atoms with Gasteiger partial charge in [-0.15, -0.1) is 0 Å². The molecule has 0 saturated carbocycles. The first-order chi connectivity index (χ1) is 12.5. The molecule has 7 heteroatoms. The molecule has 0 atom stereocenters. The molecule has 1 saturated heterocycles. The summed E-state index contributed by atoms with van der Waals surface area (Å²) in [6, 6.07) is 3.36. The second kappa shape index (κ2) is 8.25. The summed E-state index contributed by atoms with van der Waals surface area (Å²) in [6.45, 7) is 12.6.